The lowest BCUT2D eigenvalue weighted by atomic mass is 10.0. The predicted octanol–water partition coefficient (Wildman–Crippen LogP) is 4.45. The van der Waals surface area contributed by atoms with Gasteiger partial charge in [0.1, 0.15) is 18.2 Å². The average Bonchev–Trinajstić information content (AvgIpc) is 3.24. The SMILES string of the molecule is Cc1cc(NC(=O)NCC2=NOC(COc3ccccc3-c3ccccc3)C2)nc(Cl)n1. The van der Waals surface area contributed by atoms with Gasteiger partial charge in [-0.15, -0.1) is 0 Å². The largest absolute Gasteiger partial charge is 0.489 e. The van der Waals surface area contributed by atoms with Crippen molar-refractivity contribution < 1.29 is 14.4 Å². The molecule has 0 spiro atoms. The first-order chi connectivity index (χ1) is 15.6. The Balaban J connectivity index is 1.25. The van der Waals surface area contributed by atoms with Crippen molar-refractivity contribution in [1.29, 1.82) is 0 Å². The van der Waals surface area contributed by atoms with Crippen LogP contribution in [0.3, 0.4) is 0 Å². The Morgan fingerprint density at radius 1 is 1.16 bits per heavy atom. The van der Waals surface area contributed by atoms with E-state index in [2.05, 4.69) is 25.8 Å². The number of aromatic nitrogens is 2. The van der Waals surface area contributed by atoms with Gasteiger partial charge in [0, 0.05) is 23.7 Å². The number of ether oxygens (including phenoxy) is 1. The number of anilines is 1. The highest BCUT2D eigenvalue weighted by molar-refractivity contribution is 6.28. The lowest BCUT2D eigenvalue weighted by Gasteiger charge is -2.14. The summed E-state index contributed by atoms with van der Waals surface area (Å²) in [5.74, 6) is 1.11. The molecule has 1 aromatic heterocycles. The predicted molar refractivity (Wildman–Crippen MR) is 123 cm³/mol. The third-order valence-electron chi connectivity index (χ3n) is 4.71. The Morgan fingerprint density at radius 2 is 1.94 bits per heavy atom. The molecule has 4 rings (SSSR count). The van der Waals surface area contributed by atoms with Gasteiger partial charge in [0.15, 0.2) is 6.10 Å². The summed E-state index contributed by atoms with van der Waals surface area (Å²) in [4.78, 5) is 25.5. The van der Waals surface area contributed by atoms with Gasteiger partial charge in [0.25, 0.3) is 0 Å². The molecule has 164 valence electrons. The summed E-state index contributed by atoms with van der Waals surface area (Å²) < 4.78 is 6.03. The summed E-state index contributed by atoms with van der Waals surface area (Å²) in [6.45, 7) is 2.37. The molecule has 1 unspecified atom stereocenters. The summed E-state index contributed by atoms with van der Waals surface area (Å²) >= 11 is 5.81. The average molecular weight is 452 g/mol. The fourth-order valence-electron chi connectivity index (χ4n) is 3.25. The van der Waals surface area contributed by atoms with Crippen LogP contribution in [0.15, 0.2) is 65.8 Å². The van der Waals surface area contributed by atoms with Gasteiger partial charge in [-0.05, 0) is 30.2 Å². The molecule has 32 heavy (non-hydrogen) atoms. The van der Waals surface area contributed by atoms with Crippen LogP contribution in [0.5, 0.6) is 5.75 Å². The van der Waals surface area contributed by atoms with Gasteiger partial charge in [0.2, 0.25) is 5.28 Å². The molecule has 2 amide bonds. The second-order valence-electron chi connectivity index (χ2n) is 7.23. The van der Waals surface area contributed by atoms with E-state index in [0.29, 0.717) is 24.5 Å². The van der Waals surface area contributed by atoms with Crippen LogP contribution in [-0.2, 0) is 4.84 Å². The summed E-state index contributed by atoms with van der Waals surface area (Å²) in [7, 11) is 0. The van der Waals surface area contributed by atoms with Crippen LogP contribution in [0.2, 0.25) is 5.28 Å². The first-order valence-electron chi connectivity index (χ1n) is 10.1. The van der Waals surface area contributed by atoms with E-state index in [1.807, 2.05) is 54.6 Å². The molecule has 0 aliphatic carbocycles. The van der Waals surface area contributed by atoms with Crippen molar-refractivity contribution >= 4 is 29.2 Å². The summed E-state index contributed by atoms with van der Waals surface area (Å²) in [6.07, 6.45) is 0.341. The van der Waals surface area contributed by atoms with Crippen LogP contribution in [0.25, 0.3) is 11.1 Å². The lowest BCUT2D eigenvalue weighted by molar-refractivity contribution is 0.0472. The van der Waals surface area contributed by atoms with Crippen molar-refractivity contribution in [3.8, 4) is 16.9 Å². The van der Waals surface area contributed by atoms with Crippen LogP contribution in [0, 0.1) is 6.92 Å². The Labute approximate surface area is 190 Å². The number of hydrogen-bond acceptors (Lipinski definition) is 6. The zero-order valence-electron chi connectivity index (χ0n) is 17.4. The highest BCUT2D eigenvalue weighted by atomic mass is 35.5. The fraction of sp³-hybridized carbons (Fsp3) is 0.217. The molecule has 0 bridgehead atoms. The number of hydrogen-bond donors (Lipinski definition) is 2. The minimum atomic E-state index is -0.418. The molecular formula is C23H22ClN5O3. The van der Waals surface area contributed by atoms with Crippen molar-refractivity contribution in [2.24, 2.45) is 5.16 Å². The molecule has 1 aliphatic rings. The Hall–Kier alpha value is -3.65. The smallest absolute Gasteiger partial charge is 0.320 e. The zero-order valence-corrected chi connectivity index (χ0v) is 18.2. The van der Waals surface area contributed by atoms with E-state index >= 15 is 0 Å². The van der Waals surface area contributed by atoms with Gasteiger partial charge >= 0.3 is 6.03 Å². The number of aryl methyl sites for hydroxylation is 1. The van der Waals surface area contributed by atoms with Crippen molar-refractivity contribution in [3.63, 3.8) is 0 Å². The lowest BCUT2D eigenvalue weighted by Crippen LogP contribution is -2.33. The third-order valence-corrected chi connectivity index (χ3v) is 4.88. The fourth-order valence-corrected chi connectivity index (χ4v) is 3.48. The molecule has 0 saturated carbocycles. The van der Waals surface area contributed by atoms with Crippen LogP contribution in [-0.4, -0.2) is 41.0 Å². The zero-order chi connectivity index (χ0) is 22.3. The van der Waals surface area contributed by atoms with Gasteiger partial charge in [-0.25, -0.2) is 14.8 Å². The van der Waals surface area contributed by atoms with Crippen LogP contribution in [0.1, 0.15) is 12.1 Å². The van der Waals surface area contributed by atoms with Gasteiger partial charge in [-0.1, -0.05) is 53.7 Å². The number of para-hydroxylation sites is 1. The van der Waals surface area contributed by atoms with Gasteiger partial charge in [-0.2, -0.15) is 0 Å². The minimum Gasteiger partial charge on any atom is -0.489 e. The maximum atomic E-state index is 12.1. The van der Waals surface area contributed by atoms with Crippen LogP contribution >= 0.6 is 11.6 Å². The number of oxime groups is 1. The highest BCUT2D eigenvalue weighted by Gasteiger charge is 2.22. The van der Waals surface area contributed by atoms with Gasteiger partial charge < -0.3 is 14.9 Å². The topological polar surface area (TPSA) is 97.7 Å². The Kier molecular flexibility index (Phi) is 6.81. The molecule has 8 nitrogen and oxygen atoms in total. The molecule has 0 radical (unpaired) electrons. The molecule has 0 saturated heterocycles. The summed E-state index contributed by atoms with van der Waals surface area (Å²) in [5, 5.41) is 9.49. The number of urea groups is 1. The number of carbonyl (C=O) groups excluding carboxylic acids is 1. The second-order valence-corrected chi connectivity index (χ2v) is 7.57. The number of amides is 2. The molecule has 2 aromatic carbocycles. The number of nitrogens with one attached hydrogen (secondary N) is 2. The van der Waals surface area contributed by atoms with E-state index in [9.17, 15) is 4.79 Å². The number of halogens is 1. The van der Waals surface area contributed by atoms with Gasteiger partial charge in [-0.3, -0.25) is 5.32 Å². The molecule has 3 aromatic rings. The van der Waals surface area contributed by atoms with Crippen LogP contribution in [0.4, 0.5) is 10.6 Å². The summed E-state index contributed by atoms with van der Waals surface area (Å²) in [5.41, 5.74) is 3.49. The van der Waals surface area contributed by atoms with Crippen molar-refractivity contribution in [1.82, 2.24) is 15.3 Å². The number of carbonyl (C=O) groups is 1. The van der Waals surface area contributed by atoms with E-state index < -0.39 is 6.03 Å². The van der Waals surface area contributed by atoms with Crippen molar-refractivity contribution in [2.75, 3.05) is 18.5 Å². The second kappa shape index (κ2) is 10.1. The maximum Gasteiger partial charge on any atom is 0.320 e. The van der Waals surface area contributed by atoms with E-state index in [4.69, 9.17) is 21.2 Å². The normalized spacial score (nSPS) is 14.9. The monoisotopic (exact) mass is 451 g/mol. The molecule has 1 atom stereocenters. The number of rotatable bonds is 7. The molecule has 2 N–H and O–H groups in total. The molecule has 2 heterocycles. The first kappa shape index (κ1) is 21.6. The van der Waals surface area contributed by atoms with E-state index in [0.717, 1.165) is 22.6 Å². The number of benzene rings is 2. The Morgan fingerprint density at radius 3 is 2.75 bits per heavy atom. The highest BCUT2D eigenvalue weighted by Crippen LogP contribution is 2.30. The van der Waals surface area contributed by atoms with E-state index in [1.165, 1.54) is 0 Å². The van der Waals surface area contributed by atoms with Crippen LogP contribution < -0.4 is 15.4 Å². The standard InChI is InChI=1S/C23H22ClN5O3/c1-15-11-21(27-22(24)26-15)28-23(30)25-13-17-12-18(32-29-17)14-31-20-10-6-5-9-19(20)16-7-3-2-4-8-16/h2-11,18H,12-14H2,1H3,(H2,25,26,27,28,30). The van der Waals surface area contributed by atoms with Crippen molar-refractivity contribution in [2.45, 2.75) is 19.4 Å². The molecule has 9 heteroatoms. The quantitative estimate of drug-likeness (QED) is 0.517. The first-order valence-corrected chi connectivity index (χ1v) is 10.5. The molecule has 1 aliphatic heterocycles. The van der Waals surface area contributed by atoms with E-state index in [-0.39, 0.29) is 17.9 Å². The van der Waals surface area contributed by atoms with Gasteiger partial charge in [0.05, 0.1) is 12.3 Å². The number of nitrogens with zero attached hydrogens (tertiary/aromatic N) is 3. The minimum absolute atomic E-state index is 0.0746. The summed E-state index contributed by atoms with van der Waals surface area (Å²) in [6, 6.07) is 19.2. The van der Waals surface area contributed by atoms with E-state index in [1.54, 1.807) is 13.0 Å². The van der Waals surface area contributed by atoms with Crippen molar-refractivity contribution in [3.05, 3.63) is 71.6 Å². The third kappa shape index (κ3) is 5.73. The molecular weight excluding hydrogens is 430 g/mol. The Bertz CT molecular complexity index is 1100. The molecule has 0 fully saturated rings. The maximum absolute atomic E-state index is 12.1.